The van der Waals surface area contributed by atoms with Crippen LogP contribution in [-0.4, -0.2) is 28.0 Å². The minimum absolute atomic E-state index is 0.0622. The molecule has 2 rings (SSSR count). The lowest BCUT2D eigenvalue weighted by Gasteiger charge is -2.25. The van der Waals surface area contributed by atoms with Crippen molar-refractivity contribution in [3.05, 3.63) is 5.51 Å². The van der Waals surface area contributed by atoms with Gasteiger partial charge in [0.05, 0.1) is 6.10 Å². The van der Waals surface area contributed by atoms with E-state index in [0.717, 1.165) is 37.4 Å². The Morgan fingerprint density at radius 1 is 1.43 bits per heavy atom. The van der Waals surface area contributed by atoms with Gasteiger partial charge in [0, 0.05) is 6.54 Å². The summed E-state index contributed by atoms with van der Waals surface area (Å²) in [6, 6.07) is 0. The minimum atomic E-state index is -0.0622. The summed E-state index contributed by atoms with van der Waals surface area (Å²) in [7, 11) is 0. The van der Waals surface area contributed by atoms with E-state index < -0.39 is 0 Å². The Balaban J connectivity index is 1.71. The Labute approximate surface area is 87.4 Å². The molecule has 2 N–H and O–H groups in total. The minimum Gasteiger partial charge on any atom is -0.393 e. The maximum atomic E-state index is 9.34. The van der Waals surface area contributed by atoms with Crippen LogP contribution in [0.25, 0.3) is 0 Å². The second-order valence-corrected chi connectivity index (χ2v) is 4.63. The molecule has 0 bridgehead atoms. The van der Waals surface area contributed by atoms with Crippen LogP contribution in [0.1, 0.15) is 25.7 Å². The molecule has 0 amide bonds. The maximum absolute atomic E-state index is 9.34. The van der Waals surface area contributed by atoms with Gasteiger partial charge in [0.15, 0.2) is 0 Å². The van der Waals surface area contributed by atoms with Crippen molar-refractivity contribution in [1.29, 1.82) is 0 Å². The second-order valence-electron chi connectivity index (χ2n) is 3.80. The highest BCUT2D eigenvalue weighted by atomic mass is 32.1. The Hall–Kier alpha value is -0.680. The van der Waals surface area contributed by atoms with Gasteiger partial charge in [0.25, 0.3) is 0 Å². The summed E-state index contributed by atoms with van der Waals surface area (Å²) < 4.78 is 0. The zero-order valence-electron chi connectivity index (χ0n) is 8.02. The van der Waals surface area contributed by atoms with Gasteiger partial charge < -0.3 is 10.4 Å². The monoisotopic (exact) mass is 213 g/mol. The molecule has 1 heterocycles. The van der Waals surface area contributed by atoms with Gasteiger partial charge >= 0.3 is 0 Å². The Bertz CT molecular complexity index is 257. The number of nitrogens with zero attached hydrogens (tertiary/aromatic N) is 2. The number of anilines is 1. The molecule has 4 nitrogen and oxygen atoms in total. The van der Waals surface area contributed by atoms with E-state index in [9.17, 15) is 5.11 Å². The third-order valence-corrected chi connectivity index (χ3v) is 3.37. The lowest BCUT2D eigenvalue weighted by Crippen LogP contribution is -2.23. The quantitative estimate of drug-likeness (QED) is 0.799. The van der Waals surface area contributed by atoms with Gasteiger partial charge in [0.2, 0.25) is 5.13 Å². The van der Waals surface area contributed by atoms with Crippen LogP contribution in [0, 0.1) is 5.92 Å². The normalized spacial score (nSPS) is 27.5. The predicted octanol–water partition coefficient (Wildman–Crippen LogP) is 1.50. The van der Waals surface area contributed by atoms with E-state index >= 15 is 0 Å². The average Bonchev–Trinajstić information content (AvgIpc) is 2.70. The summed E-state index contributed by atoms with van der Waals surface area (Å²) in [4.78, 5) is 0. The smallest absolute Gasteiger partial charge is 0.205 e. The van der Waals surface area contributed by atoms with Crippen LogP contribution in [0.4, 0.5) is 5.13 Å². The molecule has 1 aromatic heterocycles. The van der Waals surface area contributed by atoms with Crippen molar-refractivity contribution in [2.45, 2.75) is 31.8 Å². The first-order valence-electron chi connectivity index (χ1n) is 5.02. The van der Waals surface area contributed by atoms with Crippen LogP contribution in [0.15, 0.2) is 5.51 Å². The first kappa shape index (κ1) is 9.86. The fourth-order valence-electron chi connectivity index (χ4n) is 1.83. The van der Waals surface area contributed by atoms with Gasteiger partial charge in [-0.1, -0.05) is 11.3 Å². The summed E-state index contributed by atoms with van der Waals surface area (Å²) in [5.41, 5.74) is 1.73. The standard InChI is InChI=1S/C9H15N3OS/c13-8-3-1-7(2-4-8)5-10-9-12-11-6-14-9/h6-8,13H,1-5H2,(H,10,12). The van der Waals surface area contributed by atoms with Crippen LogP contribution in [0.5, 0.6) is 0 Å². The SMILES string of the molecule is OC1CCC(CNc2nncs2)CC1. The number of aromatic nitrogens is 2. The molecule has 0 unspecified atom stereocenters. The van der Waals surface area contributed by atoms with Crippen molar-refractivity contribution in [1.82, 2.24) is 10.2 Å². The molecule has 1 aliphatic rings. The second kappa shape index (κ2) is 4.70. The molecule has 14 heavy (non-hydrogen) atoms. The molecular formula is C9H15N3OS. The molecule has 0 aliphatic heterocycles. The van der Waals surface area contributed by atoms with E-state index in [2.05, 4.69) is 15.5 Å². The number of hydrogen-bond donors (Lipinski definition) is 2. The van der Waals surface area contributed by atoms with Crippen molar-refractivity contribution >= 4 is 16.5 Å². The van der Waals surface area contributed by atoms with Crippen LogP contribution < -0.4 is 5.32 Å². The lowest BCUT2D eigenvalue weighted by atomic mass is 9.87. The topological polar surface area (TPSA) is 58.0 Å². The third-order valence-electron chi connectivity index (χ3n) is 2.72. The van der Waals surface area contributed by atoms with Gasteiger partial charge in [-0.2, -0.15) is 0 Å². The van der Waals surface area contributed by atoms with E-state index in [1.807, 2.05) is 0 Å². The van der Waals surface area contributed by atoms with Gasteiger partial charge in [-0.05, 0) is 31.6 Å². The highest BCUT2D eigenvalue weighted by Crippen LogP contribution is 2.24. The van der Waals surface area contributed by atoms with Crippen molar-refractivity contribution < 1.29 is 5.11 Å². The molecule has 1 aromatic rings. The van der Waals surface area contributed by atoms with Crippen LogP contribution >= 0.6 is 11.3 Å². The van der Waals surface area contributed by atoms with Gasteiger partial charge in [0.1, 0.15) is 5.51 Å². The van der Waals surface area contributed by atoms with E-state index in [4.69, 9.17) is 0 Å². The van der Waals surface area contributed by atoms with Crippen LogP contribution in [-0.2, 0) is 0 Å². The molecular weight excluding hydrogens is 198 g/mol. The molecule has 1 saturated carbocycles. The largest absolute Gasteiger partial charge is 0.393 e. The van der Waals surface area contributed by atoms with Gasteiger partial charge in [-0.25, -0.2) is 0 Å². The van der Waals surface area contributed by atoms with E-state index in [1.54, 1.807) is 5.51 Å². The van der Waals surface area contributed by atoms with Crippen LogP contribution in [0.3, 0.4) is 0 Å². The highest BCUT2D eigenvalue weighted by Gasteiger charge is 2.19. The average molecular weight is 213 g/mol. The van der Waals surface area contributed by atoms with Crippen molar-refractivity contribution in [2.24, 2.45) is 5.92 Å². The number of nitrogens with one attached hydrogen (secondary N) is 1. The lowest BCUT2D eigenvalue weighted by molar-refractivity contribution is 0.111. The maximum Gasteiger partial charge on any atom is 0.205 e. The molecule has 0 spiro atoms. The zero-order valence-corrected chi connectivity index (χ0v) is 8.83. The van der Waals surface area contributed by atoms with Crippen LogP contribution in [0.2, 0.25) is 0 Å². The number of rotatable bonds is 3. The summed E-state index contributed by atoms with van der Waals surface area (Å²) in [5, 5.41) is 21.2. The van der Waals surface area contributed by atoms with E-state index in [-0.39, 0.29) is 6.10 Å². The predicted molar refractivity (Wildman–Crippen MR) is 56.4 cm³/mol. The molecule has 1 aliphatic carbocycles. The first-order valence-corrected chi connectivity index (χ1v) is 5.90. The van der Waals surface area contributed by atoms with Gasteiger partial charge in [-0.3, -0.25) is 0 Å². The van der Waals surface area contributed by atoms with Crippen molar-refractivity contribution in [3.8, 4) is 0 Å². The summed E-state index contributed by atoms with van der Waals surface area (Å²) in [5.74, 6) is 0.683. The van der Waals surface area contributed by atoms with Crippen molar-refractivity contribution in [3.63, 3.8) is 0 Å². The molecule has 0 aromatic carbocycles. The number of hydrogen-bond acceptors (Lipinski definition) is 5. The highest BCUT2D eigenvalue weighted by molar-refractivity contribution is 7.13. The zero-order chi connectivity index (χ0) is 9.80. The Kier molecular flexibility index (Phi) is 3.31. The molecule has 78 valence electrons. The fourth-order valence-corrected chi connectivity index (χ4v) is 2.29. The molecule has 5 heteroatoms. The fraction of sp³-hybridized carbons (Fsp3) is 0.778. The Morgan fingerprint density at radius 2 is 2.21 bits per heavy atom. The van der Waals surface area contributed by atoms with E-state index in [0.29, 0.717) is 5.92 Å². The Morgan fingerprint density at radius 3 is 2.86 bits per heavy atom. The summed E-state index contributed by atoms with van der Waals surface area (Å²) >= 11 is 1.53. The third kappa shape index (κ3) is 2.65. The molecule has 1 fully saturated rings. The molecule has 0 saturated heterocycles. The summed E-state index contributed by atoms with van der Waals surface area (Å²) in [6.45, 7) is 0.960. The van der Waals surface area contributed by atoms with Gasteiger partial charge in [-0.15, -0.1) is 10.2 Å². The molecule has 0 atom stereocenters. The molecule has 0 radical (unpaired) electrons. The summed E-state index contributed by atoms with van der Waals surface area (Å²) in [6.07, 6.45) is 4.07. The first-order chi connectivity index (χ1) is 6.84. The number of aliphatic hydroxyl groups is 1. The van der Waals surface area contributed by atoms with E-state index in [1.165, 1.54) is 11.3 Å². The number of aliphatic hydroxyl groups excluding tert-OH is 1. The van der Waals surface area contributed by atoms with Crippen molar-refractivity contribution in [2.75, 3.05) is 11.9 Å².